The maximum Gasteiger partial charge on any atom is 0.160 e. The molecule has 1 aromatic heterocycles. The molecule has 9 atom stereocenters. The van der Waals surface area contributed by atoms with Crippen LogP contribution in [0.3, 0.4) is 0 Å². The van der Waals surface area contributed by atoms with E-state index in [9.17, 15) is 4.79 Å². The van der Waals surface area contributed by atoms with Crippen molar-refractivity contribution >= 4 is 5.78 Å². The van der Waals surface area contributed by atoms with E-state index in [4.69, 9.17) is 5.26 Å². The van der Waals surface area contributed by atoms with Crippen LogP contribution >= 0.6 is 0 Å². The molecule has 5 rings (SSSR count). The van der Waals surface area contributed by atoms with Crippen LogP contribution in [0, 0.1) is 58.2 Å². The molecule has 0 saturated heterocycles. The number of Topliss-reactive ketones (excluding diaryl/α,β-unsaturated/α-hetero) is 1. The van der Waals surface area contributed by atoms with Gasteiger partial charge in [0.25, 0.3) is 0 Å². The second-order valence-electron chi connectivity index (χ2n) is 11.4. The van der Waals surface area contributed by atoms with Crippen molar-refractivity contribution in [2.24, 2.45) is 46.8 Å². The molecule has 0 radical (unpaired) electrons. The summed E-state index contributed by atoms with van der Waals surface area (Å²) in [4.78, 5) is 13.6. The fraction of sp³-hybridized carbons (Fsp3) is 0.808. The van der Waals surface area contributed by atoms with Crippen molar-refractivity contribution in [2.75, 3.05) is 0 Å². The summed E-state index contributed by atoms with van der Waals surface area (Å²) in [5.41, 5.74) is 0.691. The first-order valence-corrected chi connectivity index (χ1v) is 12.4. The predicted octanol–water partition coefficient (Wildman–Crippen LogP) is 5.79. The molecule has 4 aliphatic carbocycles. The van der Waals surface area contributed by atoms with Crippen LogP contribution in [-0.4, -0.2) is 15.6 Å². The largest absolute Gasteiger partial charge is 0.297 e. The van der Waals surface area contributed by atoms with E-state index in [0.717, 1.165) is 41.9 Å². The van der Waals surface area contributed by atoms with Crippen LogP contribution in [0.2, 0.25) is 0 Å². The number of ketones is 1. The van der Waals surface area contributed by atoms with E-state index in [0.29, 0.717) is 11.3 Å². The Morgan fingerprint density at radius 3 is 2.73 bits per heavy atom. The molecular formula is C26H37N3O. The Bertz CT molecular complexity index is 853. The third-order valence-electron chi connectivity index (χ3n) is 10.1. The van der Waals surface area contributed by atoms with Crippen LogP contribution in [-0.2, 0) is 4.79 Å². The predicted molar refractivity (Wildman–Crippen MR) is 116 cm³/mol. The van der Waals surface area contributed by atoms with Gasteiger partial charge in [-0.3, -0.25) is 9.48 Å². The Morgan fingerprint density at radius 1 is 1.17 bits per heavy atom. The quantitative estimate of drug-likeness (QED) is 0.637. The minimum atomic E-state index is -0.277. The van der Waals surface area contributed by atoms with Crippen LogP contribution in [0.1, 0.15) is 90.2 Å². The normalized spacial score (nSPS) is 43.7. The first kappa shape index (κ1) is 20.3. The monoisotopic (exact) mass is 407 g/mol. The highest BCUT2D eigenvalue weighted by atomic mass is 16.1. The molecule has 1 heterocycles. The molecule has 30 heavy (non-hydrogen) atoms. The SMILES string of the molecule is CC1CCC2C(CCC3C2CCC2(C)C(C(=O)C(C)n4cc(C#N)cn4)CCC32)C1. The van der Waals surface area contributed by atoms with E-state index >= 15 is 0 Å². The zero-order valence-electron chi connectivity index (χ0n) is 18.9. The summed E-state index contributed by atoms with van der Waals surface area (Å²) in [6.45, 7) is 6.86. The summed E-state index contributed by atoms with van der Waals surface area (Å²) in [5.74, 6) is 5.86. The molecule has 162 valence electrons. The highest BCUT2D eigenvalue weighted by molar-refractivity contribution is 5.85. The maximum absolute atomic E-state index is 13.6. The van der Waals surface area contributed by atoms with Crippen LogP contribution in [0.5, 0.6) is 0 Å². The Labute approximate surface area is 181 Å². The molecule has 0 N–H and O–H groups in total. The number of nitrogens with zero attached hydrogens (tertiary/aromatic N) is 3. The molecule has 9 unspecified atom stereocenters. The fourth-order valence-electron chi connectivity index (χ4n) is 8.58. The number of rotatable bonds is 3. The van der Waals surface area contributed by atoms with Gasteiger partial charge in [0.05, 0.1) is 11.8 Å². The minimum absolute atomic E-state index is 0.150. The summed E-state index contributed by atoms with van der Waals surface area (Å²) >= 11 is 0. The Balaban J connectivity index is 1.34. The highest BCUT2D eigenvalue weighted by Crippen LogP contribution is 2.64. The van der Waals surface area contributed by atoms with Gasteiger partial charge in [-0.05, 0) is 99.2 Å². The van der Waals surface area contributed by atoms with Crippen LogP contribution in [0.4, 0.5) is 0 Å². The van der Waals surface area contributed by atoms with E-state index in [1.54, 1.807) is 17.1 Å². The van der Waals surface area contributed by atoms with Gasteiger partial charge < -0.3 is 0 Å². The zero-order valence-corrected chi connectivity index (χ0v) is 18.9. The van der Waals surface area contributed by atoms with E-state index < -0.39 is 0 Å². The van der Waals surface area contributed by atoms with Crippen molar-refractivity contribution in [3.05, 3.63) is 18.0 Å². The van der Waals surface area contributed by atoms with Crippen molar-refractivity contribution in [1.29, 1.82) is 5.26 Å². The lowest BCUT2D eigenvalue weighted by atomic mass is 9.49. The number of fused-ring (bicyclic) bond motifs is 5. The van der Waals surface area contributed by atoms with E-state index in [-0.39, 0.29) is 17.4 Å². The minimum Gasteiger partial charge on any atom is -0.297 e. The molecular weight excluding hydrogens is 370 g/mol. The lowest BCUT2D eigenvalue weighted by Crippen LogP contribution is -2.49. The number of carbonyl (C=O) groups excluding carboxylic acids is 1. The van der Waals surface area contributed by atoms with Crippen LogP contribution < -0.4 is 0 Å². The highest BCUT2D eigenvalue weighted by Gasteiger charge is 2.58. The number of carbonyl (C=O) groups is 1. The van der Waals surface area contributed by atoms with Gasteiger partial charge in [0, 0.05) is 12.1 Å². The third kappa shape index (κ3) is 3.07. The average Bonchev–Trinajstić information content (AvgIpc) is 3.36. The van der Waals surface area contributed by atoms with E-state index in [1.807, 2.05) is 6.92 Å². The summed E-state index contributed by atoms with van der Waals surface area (Å²) < 4.78 is 1.71. The summed E-state index contributed by atoms with van der Waals surface area (Å²) in [7, 11) is 0. The van der Waals surface area contributed by atoms with Gasteiger partial charge in [-0.15, -0.1) is 0 Å². The van der Waals surface area contributed by atoms with Gasteiger partial charge in [0.1, 0.15) is 12.1 Å². The molecule has 0 spiro atoms. The van der Waals surface area contributed by atoms with Crippen molar-refractivity contribution in [2.45, 2.75) is 84.6 Å². The first-order valence-electron chi connectivity index (χ1n) is 12.4. The molecule has 0 aliphatic heterocycles. The van der Waals surface area contributed by atoms with Gasteiger partial charge in [0.2, 0.25) is 0 Å². The topological polar surface area (TPSA) is 58.7 Å². The standard InChI is InChI=1S/C26H37N3O/c1-16-4-6-20-19(12-16)5-7-22-21(20)10-11-26(3)23(22)8-9-24(26)25(30)17(2)29-15-18(13-27)14-28-29/h14-17,19-24H,4-12H2,1-3H3. The van der Waals surface area contributed by atoms with Gasteiger partial charge in [-0.25, -0.2) is 0 Å². The lowest BCUT2D eigenvalue weighted by molar-refractivity contribution is -0.133. The van der Waals surface area contributed by atoms with Crippen molar-refractivity contribution < 1.29 is 4.79 Å². The number of aromatic nitrogens is 2. The Hall–Kier alpha value is -1.63. The van der Waals surface area contributed by atoms with Gasteiger partial charge in [0.15, 0.2) is 5.78 Å². The molecule has 4 aliphatic rings. The van der Waals surface area contributed by atoms with Crippen LogP contribution in [0.25, 0.3) is 0 Å². The molecule has 0 amide bonds. The summed E-state index contributed by atoms with van der Waals surface area (Å²) in [6, 6.07) is 1.85. The zero-order chi connectivity index (χ0) is 21.0. The number of nitriles is 1. The molecule has 4 saturated carbocycles. The molecule has 4 heteroatoms. The molecule has 0 aromatic carbocycles. The molecule has 4 nitrogen and oxygen atoms in total. The van der Waals surface area contributed by atoms with Gasteiger partial charge >= 0.3 is 0 Å². The maximum atomic E-state index is 13.6. The molecule has 4 fully saturated rings. The smallest absolute Gasteiger partial charge is 0.160 e. The van der Waals surface area contributed by atoms with Crippen LogP contribution in [0.15, 0.2) is 12.4 Å². The van der Waals surface area contributed by atoms with Gasteiger partial charge in [-0.1, -0.05) is 20.3 Å². The van der Waals surface area contributed by atoms with Crippen molar-refractivity contribution in [1.82, 2.24) is 9.78 Å². The second-order valence-corrected chi connectivity index (χ2v) is 11.4. The Kier molecular flexibility index (Phi) is 5.07. The summed E-state index contributed by atoms with van der Waals surface area (Å²) in [6.07, 6.45) is 15.3. The number of hydrogen-bond donors (Lipinski definition) is 0. The lowest BCUT2D eigenvalue weighted by Gasteiger charge is -2.56. The van der Waals surface area contributed by atoms with E-state index in [1.165, 1.54) is 51.4 Å². The Morgan fingerprint density at radius 2 is 1.97 bits per heavy atom. The second kappa shape index (κ2) is 7.50. The fourth-order valence-corrected chi connectivity index (χ4v) is 8.58. The van der Waals surface area contributed by atoms with Crippen molar-refractivity contribution in [3.63, 3.8) is 0 Å². The molecule has 0 bridgehead atoms. The summed E-state index contributed by atoms with van der Waals surface area (Å²) in [5, 5.41) is 13.4. The molecule has 1 aromatic rings. The van der Waals surface area contributed by atoms with Crippen molar-refractivity contribution in [3.8, 4) is 6.07 Å². The van der Waals surface area contributed by atoms with E-state index in [2.05, 4.69) is 25.0 Å². The van der Waals surface area contributed by atoms with Gasteiger partial charge in [-0.2, -0.15) is 10.4 Å². The number of hydrogen-bond acceptors (Lipinski definition) is 3. The first-order chi connectivity index (χ1) is 14.4. The average molecular weight is 408 g/mol. The third-order valence-corrected chi connectivity index (χ3v) is 10.1.